The molecule has 2 aromatic heterocycles. The lowest BCUT2D eigenvalue weighted by atomic mass is 10.2. The Morgan fingerprint density at radius 3 is 3.09 bits per heavy atom. The fourth-order valence-electron chi connectivity index (χ4n) is 2.44. The standard InChI is InChI=1S/C10H14N5O6P/c11-10-13-8-7(9(17)14-10)12-3-15(8)6-1-4(21-22(18)19)5(2-16)20-6/h3-6,16,22H,1-2H2,(H,18,19)(H3,11,13,14,17)/t4?,5-,6-/m1/s1. The number of H-pyrrole nitrogens is 1. The zero-order chi connectivity index (χ0) is 15.9. The van der Waals surface area contributed by atoms with Crippen molar-refractivity contribution < 1.29 is 23.8 Å². The second-order valence-electron chi connectivity index (χ2n) is 4.74. The number of aromatic nitrogens is 4. The van der Waals surface area contributed by atoms with Gasteiger partial charge in [0, 0.05) is 6.42 Å². The maximum Gasteiger partial charge on any atom is 0.316 e. The number of nitrogens with zero attached hydrogens (tertiary/aromatic N) is 3. The molecule has 120 valence electrons. The number of nitrogens with two attached hydrogens (primary N) is 1. The van der Waals surface area contributed by atoms with Gasteiger partial charge in [0.25, 0.3) is 5.56 Å². The molecule has 0 amide bonds. The van der Waals surface area contributed by atoms with Gasteiger partial charge in [-0.05, 0) is 0 Å². The Morgan fingerprint density at radius 1 is 1.64 bits per heavy atom. The molecule has 0 spiro atoms. The molecule has 0 aliphatic carbocycles. The van der Waals surface area contributed by atoms with E-state index in [9.17, 15) is 14.5 Å². The van der Waals surface area contributed by atoms with E-state index in [4.69, 9.17) is 19.9 Å². The molecule has 12 heteroatoms. The van der Waals surface area contributed by atoms with E-state index < -0.39 is 32.2 Å². The molecule has 2 aromatic rings. The van der Waals surface area contributed by atoms with Gasteiger partial charge < -0.3 is 25.0 Å². The van der Waals surface area contributed by atoms with Gasteiger partial charge in [-0.3, -0.25) is 18.9 Å². The van der Waals surface area contributed by atoms with E-state index in [0.29, 0.717) is 0 Å². The van der Waals surface area contributed by atoms with Crippen molar-refractivity contribution in [1.29, 1.82) is 0 Å². The summed E-state index contributed by atoms with van der Waals surface area (Å²) in [6, 6.07) is 0. The highest BCUT2D eigenvalue weighted by molar-refractivity contribution is 7.32. The van der Waals surface area contributed by atoms with Gasteiger partial charge in [0.2, 0.25) is 5.95 Å². The summed E-state index contributed by atoms with van der Waals surface area (Å²) in [5, 5.41) is 9.27. The van der Waals surface area contributed by atoms with E-state index in [0.717, 1.165) is 0 Å². The highest BCUT2D eigenvalue weighted by Gasteiger charge is 2.38. The van der Waals surface area contributed by atoms with Crippen LogP contribution < -0.4 is 11.3 Å². The molecule has 0 aromatic carbocycles. The monoisotopic (exact) mass is 331 g/mol. The summed E-state index contributed by atoms with van der Waals surface area (Å²) in [6.45, 7) is -0.376. The lowest BCUT2D eigenvalue weighted by Crippen LogP contribution is -2.25. The average Bonchev–Trinajstić information content (AvgIpc) is 3.01. The van der Waals surface area contributed by atoms with Crippen molar-refractivity contribution >= 4 is 25.4 Å². The Kier molecular flexibility index (Phi) is 3.98. The maximum atomic E-state index is 11.7. The Labute approximate surface area is 123 Å². The minimum atomic E-state index is -3.16. The average molecular weight is 331 g/mol. The SMILES string of the molecule is Nc1nc2c(ncn2[C@H]2CC(O[PH](=O)O)[C@@H](CO)O2)c(=O)[nH]1. The molecule has 1 fully saturated rings. The van der Waals surface area contributed by atoms with Gasteiger partial charge in [0.1, 0.15) is 12.3 Å². The molecule has 0 radical (unpaired) electrons. The minimum Gasteiger partial charge on any atom is -0.394 e. The Balaban J connectivity index is 1.95. The number of nitrogens with one attached hydrogen (secondary N) is 1. The first-order chi connectivity index (χ1) is 10.5. The summed E-state index contributed by atoms with van der Waals surface area (Å²) in [6.07, 6.45) is -0.606. The van der Waals surface area contributed by atoms with Crippen LogP contribution in [0.3, 0.4) is 0 Å². The van der Waals surface area contributed by atoms with Gasteiger partial charge in [-0.15, -0.1) is 0 Å². The quantitative estimate of drug-likeness (QED) is 0.500. The number of nitrogen functional groups attached to an aromatic ring is 1. The van der Waals surface area contributed by atoms with Crippen molar-refractivity contribution in [2.24, 2.45) is 0 Å². The molecule has 5 N–H and O–H groups in total. The molecule has 1 aliphatic rings. The molecular weight excluding hydrogens is 317 g/mol. The number of anilines is 1. The van der Waals surface area contributed by atoms with Crippen LogP contribution in [-0.2, 0) is 13.8 Å². The highest BCUT2D eigenvalue weighted by Crippen LogP contribution is 2.36. The number of ether oxygens (including phenoxy) is 1. The third kappa shape index (κ3) is 2.64. The zero-order valence-electron chi connectivity index (χ0n) is 11.2. The van der Waals surface area contributed by atoms with E-state index in [1.54, 1.807) is 0 Å². The second kappa shape index (κ2) is 5.78. The third-order valence-corrected chi connectivity index (χ3v) is 3.88. The van der Waals surface area contributed by atoms with Crippen molar-refractivity contribution in [2.45, 2.75) is 24.9 Å². The number of hydrogen-bond acceptors (Lipinski definition) is 8. The van der Waals surface area contributed by atoms with Gasteiger partial charge in [0.15, 0.2) is 11.2 Å². The van der Waals surface area contributed by atoms with Crippen LogP contribution in [0.2, 0.25) is 0 Å². The lowest BCUT2D eigenvalue weighted by molar-refractivity contribution is -0.0394. The molecule has 0 saturated carbocycles. The maximum absolute atomic E-state index is 11.7. The summed E-state index contributed by atoms with van der Waals surface area (Å²) in [7, 11) is -3.16. The first-order valence-corrected chi connectivity index (χ1v) is 7.64. The molecule has 3 heterocycles. The molecule has 1 aliphatic heterocycles. The molecule has 4 atom stereocenters. The normalized spacial score (nSPS) is 26.5. The minimum absolute atomic E-state index is 0.0656. The number of imidazole rings is 1. The van der Waals surface area contributed by atoms with Crippen LogP contribution in [0.4, 0.5) is 5.95 Å². The fraction of sp³-hybridized carbons (Fsp3) is 0.500. The first kappa shape index (κ1) is 15.1. The van der Waals surface area contributed by atoms with Crippen LogP contribution in [-0.4, -0.2) is 48.3 Å². The number of aliphatic hydroxyl groups excluding tert-OH is 1. The highest BCUT2D eigenvalue weighted by atomic mass is 31.1. The van der Waals surface area contributed by atoms with E-state index in [1.807, 2.05) is 0 Å². The van der Waals surface area contributed by atoms with E-state index in [1.165, 1.54) is 10.9 Å². The van der Waals surface area contributed by atoms with Crippen molar-refractivity contribution in [2.75, 3.05) is 12.3 Å². The van der Waals surface area contributed by atoms with Crippen LogP contribution in [0.5, 0.6) is 0 Å². The van der Waals surface area contributed by atoms with Crippen LogP contribution in [0.1, 0.15) is 12.6 Å². The molecule has 22 heavy (non-hydrogen) atoms. The zero-order valence-corrected chi connectivity index (χ0v) is 12.2. The number of aromatic amines is 1. The lowest BCUT2D eigenvalue weighted by Gasteiger charge is -2.14. The van der Waals surface area contributed by atoms with Crippen LogP contribution >= 0.6 is 8.25 Å². The van der Waals surface area contributed by atoms with Gasteiger partial charge in [-0.25, -0.2) is 4.98 Å². The predicted octanol–water partition coefficient (Wildman–Crippen LogP) is -1.25. The van der Waals surface area contributed by atoms with Crippen LogP contribution in [0, 0.1) is 0 Å². The Morgan fingerprint density at radius 2 is 2.41 bits per heavy atom. The second-order valence-corrected chi connectivity index (χ2v) is 5.51. The van der Waals surface area contributed by atoms with Crippen molar-refractivity contribution in [3.05, 3.63) is 16.7 Å². The fourth-order valence-corrected chi connectivity index (χ4v) is 2.95. The molecule has 1 saturated heterocycles. The molecule has 3 rings (SSSR count). The summed E-state index contributed by atoms with van der Waals surface area (Å²) in [5.74, 6) is -0.0656. The summed E-state index contributed by atoms with van der Waals surface area (Å²) in [5.41, 5.74) is 5.35. The van der Waals surface area contributed by atoms with Crippen molar-refractivity contribution in [1.82, 2.24) is 19.5 Å². The van der Waals surface area contributed by atoms with Crippen LogP contribution in [0.15, 0.2) is 11.1 Å². The van der Waals surface area contributed by atoms with E-state index in [2.05, 4.69) is 15.0 Å². The number of fused-ring (bicyclic) bond motifs is 1. The summed E-state index contributed by atoms with van der Waals surface area (Å²) < 4.78 is 22.8. The van der Waals surface area contributed by atoms with Crippen LogP contribution in [0.25, 0.3) is 11.2 Å². The van der Waals surface area contributed by atoms with E-state index in [-0.39, 0.29) is 30.1 Å². The topological polar surface area (TPSA) is 166 Å². The number of rotatable bonds is 4. The molecule has 2 unspecified atom stereocenters. The largest absolute Gasteiger partial charge is 0.394 e. The van der Waals surface area contributed by atoms with Crippen molar-refractivity contribution in [3.63, 3.8) is 0 Å². The van der Waals surface area contributed by atoms with Gasteiger partial charge in [0.05, 0.1) is 19.0 Å². The van der Waals surface area contributed by atoms with Gasteiger partial charge in [-0.2, -0.15) is 4.98 Å². The third-order valence-electron chi connectivity index (χ3n) is 3.37. The first-order valence-electron chi connectivity index (χ1n) is 6.38. The smallest absolute Gasteiger partial charge is 0.316 e. The van der Waals surface area contributed by atoms with Crippen molar-refractivity contribution in [3.8, 4) is 0 Å². The van der Waals surface area contributed by atoms with Gasteiger partial charge in [-0.1, -0.05) is 0 Å². The molecule has 0 bridgehead atoms. The van der Waals surface area contributed by atoms with E-state index >= 15 is 0 Å². The molecular formula is C10H14N5O6P. The number of aliphatic hydroxyl groups is 1. The van der Waals surface area contributed by atoms with Gasteiger partial charge >= 0.3 is 8.25 Å². The summed E-state index contributed by atoms with van der Waals surface area (Å²) in [4.78, 5) is 30.9. The number of hydrogen-bond donors (Lipinski definition) is 4. The molecule has 11 nitrogen and oxygen atoms in total. The Bertz CT molecular complexity index is 775. The Hall–Kier alpha value is -1.78. The predicted molar refractivity (Wildman–Crippen MR) is 74.3 cm³/mol. The summed E-state index contributed by atoms with van der Waals surface area (Å²) >= 11 is 0.